The first-order valence-corrected chi connectivity index (χ1v) is 23.7. The summed E-state index contributed by atoms with van der Waals surface area (Å²) in [7, 11) is 0. The van der Waals surface area contributed by atoms with Gasteiger partial charge in [-0.05, 0) is 69.8 Å². The molecule has 0 saturated heterocycles. The third kappa shape index (κ3) is 6.51. The molecule has 1 aliphatic carbocycles. The highest BCUT2D eigenvalue weighted by atomic mass is 16.5. The lowest BCUT2D eigenvalue weighted by atomic mass is 9.72. The van der Waals surface area contributed by atoms with Crippen LogP contribution in [0.3, 0.4) is 0 Å². The number of fused-ring (bicyclic) bond motifs is 9. The Morgan fingerprint density at radius 1 is 0.435 bits per heavy atom. The van der Waals surface area contributed by atoms with E-state index in [0.29, 0.717) is 23.9 Å². The summed E-state index contributed by atoms with van der Waals surface area (Å²) in [6, 6.07) is 76.9. The first-order valence-electron chi connectivity index (χ1n) is 23.7. The predicted octanol–water partition coefficient (Wildman–Crippen LogP) is 15.7. The molecule has 4 heterocycles. The van der Waals surface area contributed by atoms with Gasteiger partial charge in [-0.15, -0.1) is 0 Å². The molecule has 14 rings (SSSR count). The van der Waals surface area contributed by atoms with Gasteiger partial charge in [0.1, 0.15) is 17.4 Å². The lowest BCUT2D eigenvalue weighted by Gasteiger charge is -2.32. The quantitative estimate of drug-likeness (QED) is 0.159. The van der Waals surface area contributed by atoms with E-state index in [0.717, 1.165) is 72.2 Å². The predicted molar refractivity (Wildman–Crippen MR) is 279 cm³/mol. The molecule has 0 bridgehead atoms. The van der Waals surface area contributed by atoms with Crippen molar-refractivity contribution in [2.75, 3.05) is 0 Å². The van der Waals surface area contributed by atoms with Crippen LogP contribution in [-0.4, -0.2) is 25.6 Å². The number of benzene rings is 9. The summed E-state index contributed by atoms with van der Waals surface area (Å²) >= 11 is 0. The van der Waals surface area contributed by atoms with Crippen molar-refractivity contribution < 1.29 is 9.15 Å². The summed E-state index contributed by atoms with van der Waals surface area (Å²) in [5, 5.41) is 4.58. The third-order valence-electron chi connectivity index (χ3n) is 14.3. The van der Waals surface area contributed by atoms with Crippen LogP contribution in [0.5, 0.6) is 5.75 Å². The van der Waals surface area contributed by atoms with E-state index in [-0.39, 0.29) is 17.9 Å². The molecule has 0 saturated carbocycles. The van der Waals surface area contributed by atoms with Crippen LogP contribution in [0, 0.1) is 0 Å². The van der Waals surface area contributed by atoms with Crippen LogP contribution in [0.1, 0.15) is 35.2 Å². The fourth-order valence-corrected chi connectivity index (χ4v) is 11.1. The summed E-state index contributed by atoms with van der Waals surface area (Å²) in [5.74, 6) is 2.81. The lowest BCUT2D eigenvalue weighted by molar-refractivity contribution is 0.199. The Bertz CT molecular complexity index is 3970. The van der Waals surface area contributed by atoms with Gasteiger partial charge >= 0.3 is 0 Å². The van der Waals surface area contributed by atoms with Crippen molar-refractivity contribution in [2.24, 2.45) is 0 Å². The van der Waals surface area contributed by atoms with Gasteiger partial charge in [-0.3, -0.25) is 0 Å². The summed E-state index contributed by atoms with van der Waals surface area (Å²) < 4.78 is 16.4. The Kier molecular flexibility index (Phi) is 9.05. The van der Waals surface area contributed by atoms with Crippen LogP contribution in [-0.2, 0) is 0 Å². The molecule has 3 unspecified atom stereocenters. The number of rotatable bonds is 7. The van der Waals surface area contributed by atoms with Crippen molar-refractivity contribution >= 4 is 49.3 Å². The van der Waals surface area contributed by atoms with Crippen LogP contribution in [0.25, 0.3) is 100 Å². The molecule has 0 fully saturated rings. The van der Waals surface area contributed by atoms with Crippen molar-refractivity contribution in [1.82, 2.24) is 19.5 Å². The highest BCUT2D eigenvalue weighted by Crippen LogP contribution is 2.54. The third-order valence-corrected chi connectivity index (χ3v) is 14.3. The smallest absolute Gasteiger partial charge is 0.164 e. The van der Waals surface area contributed by atoms with Gasteiger partial charge in [0.05, 0.1) is 16.7 Å². The second-order valence-electron chi connectivity index (χ2n) is 18.2. The van der Waals surface area contributed by atoms with Gasteiger partial charge in [0.2, 0.25) is 0 Å². The van der Waals surface area contributed by atoms with Crippen LogP contribution in [0.2, 0.25) is 0 Å². The molecule has 0 spiro atoms. The van der Waals surface area contributed by atoms with Gasteiger partial charge < -0.3 is 13.7 Å². The Labute approximate surface area is 398 Å². The minimum absolute atomic E-state index is 0.0558. The number of furan rings is 1. The topological polar surface area (TPSA) is 66.0 Å². The summed E-state index contributed by atoms with van der Waals surface area (Å²) in [5.41, 5.74) is 14.9. The Balaban J connectivity index is 0.942. The molecule has 0 radical (unpaired) electrons. The maximum Gasteiger partial charge on any atom is 0.164 e. The van der Waals surface area contributed by atoms with Crippen LogP contribution >= 0.6 is 0 Å². The highest BCUT2D eigenvalue weighted by Gasteiger charge is 2.44. The second-order valence-corrected chi connectivity index (χ2v) is 18.2. The highest BCUT2D eigenvalue weighted by molar-refractivity contribution is 6.14. The first kappa shape index (κ1) is 39.3. The number of aromatic nitrogens is 4. The average molecular weight is 887 g/mol. The van der Waals surface area contributed by atoms with Crippen molar-refractivity contribution in [1.29, 1.82) is 0 Å². The molecule has 0 N–H and O–H groups in total. The van der Waals surface area contributed by atoms with E-state index in [9.17, 15) is 0 Å². The summed E-state index contributed by atoms with van der Waals surface area (Å²) in [4.78, 5) is 15.7. The van der Waals surface area contributed by atoms with Crippen LogP contribution in [0.15, 0.2) is 229 Å². The van der Waals surface area contributed by atoms with Crippen molar-refractivity contribution in [2.45, 2.75) is 24.4 Å². The molecule has 3 aromatic heterocycles. The number of para-hydroxylation sites is 3. The standard InChI is InChI=1S/C63H42N4O2/c1-4-16-39(17-5-1)41-30-32-43(33-31-41)62-64-61(42-20-8-3-9-21-42)65-63(66-62)45-37-51(59-48-23-11-13-28-55(48)68-57(59)38-45)47-24-15-29-56-58(47)49-25-14-27-54(60(49)69-56)67-52-26-12-10-22-46(52)50-36-44(34-35-53(50)67)40-18-6-2-7-19-40/h1-37,51,57,59H,38H2. The maximum absolute atomic E-state index is 7.08. The van der Waals surface area contributed by atoms with Gasteiger partial charge in [-0.1, -0.05) is 188 Å². The minimum Gasteiger partial charge on any atom is -0.489 e. The van der Waals surface area contributed by atoms with Crippen molar-refractivity contribution in [3.8, 4) is 56.5 Å². The fraction of sp³-hybridized carbons (Fsp3) is 0.0635. The Morgan fingerprint density at radius 3 is 1.78 bits per heavy atom. The number of hydrogen-bond donors (Lipinski definition) is 0. The molecule has 6 nitrogen and oxygen atoms in total. The largest absolute Gasteiger partial charge is 0.489 e. The molecule has 12 aromatic rings. The van der Waals surface area contributed by atoms with E-state index < -0.39 is 0 Å². The monoisotopic (exact) mass is 886 g/mol. The zero-order chi connectivity index (χ0) is 45.4. The fourth-order valence-electron chi connectivity index (χ4n) is 11.1. The van der Waals surface area contributed by atoms with Crippen molar-refractivity contribution in [3.63, 3.8) is 0 Å². The van der Waals surface area contributed by atoms with Gasteiger partial charge in [-0.25, -0.2) is 15.0 Å². The Hall–Kier alpha value is -8.87. The molecule has 69 heavy (non-hydrogen) atoms. The van der Waals surface area contributed by atoms with E-state index in [1.807, 2.05) is 24.3 Å². The maximum atomic E-state index is 7.08. The molecular formula is C63H42N4O2. The Morgan fingerprint density at radius 2 is 1.00 bits per heavy atom. The average Bonchev–Trinajstić information content (AvgIpc) is 4.11. The summed E-state index contributed by atoms with van der Waals surface area (Å²) in [6.07, 6.45) is 2.92. The lowest BCUT2D eigenvalue weighted by Crippen LogP contribution is -2.28. The number of allylic oxidation sites excluding steroid dienone is 1. The van der Waals surface area contributed by atoms with Gasteiger partial charge in [0, 0.05) is 56.5 Å². The minimum atomic E-state index is -0.139. The van der Waals surface area contributed by atoms with Gasteiger partial charge in [0.15, 0.2) is 23.1 Å². The van der Waals surface area contributed by atoms with E-state index in [4.69, 9.17) is 24.1 Å². The zero-order valence-corrected chi connectivity index (χ0v) is 37.4. The molecule has 1 aliphatic heterocycles. The van der Waals surface area contributed by atoms with E-state index >= 15 is 0 Å². The molecule has 2 aliphatic rings. The second kappa shape index (κ2) is 15.9. The summed E-state index contributed by atoms with van der Waals surface area (Å²) in [6.45, 7) is 0. The van der Waals surface area contributed by atoms with Crippen LogP contribution < -0.4 is 4.74 Å². The van der Waals surface area contributed by atoms with Crippen LogP contribution in [0.4, 0.5) is 0 Å². The SMILES string of the molecule is C1=C(c2nc(-c3ccccc3)nc(-c3ccc(-c4ccccc4)cc3)n2)CC2Oc3ccccc3C2C1c1cccc2oc3c(-n4c5ccccc5c5cc(-c6ccccc6)ccc54)cccc3c12. The van der Waals surface area contributed by atoms with E-state index in [1.165, 1.54) is 33.0 Å². The molecule has 6 heteroatoms. The van der Waals surface area contributed by atoms with Gasteiger partial charge in [-0.2, -0.15) is 0 Å². The van der Waals surface area contributed by atoms with E-state index in [2.05, 4.69) is 205 Å². The molecule has 9 aromatic carbocycles. The zero-order valence-electron chi connectivity index (χ0n) is 37.4. The molecule has 3 atom stereocenters. The van der Waals surface area contributed by atoms with E-state index in [1.54, 1.807) is 0 Å². The number of ether oxygens (including phenoxy) is 1. The van der Waals surface area contributed by atoms with Gasteiger partial charge in [0.25, 0.3) is 0 Å². The molecule has 326 valence electrons. The number of hydrogen-bond acceptors (Lipinski definition) is 5. The molecular weight excluding hydrogens is 845 g/mol. The number of nitrogens with zero attached hydrogens (tertiary/aromatic N) is 4. The van der Waals surface area contributed by atoms with Crippen molar-refractivity contribution in [3.05, 3.63) is 241 Å². The molecule has 0 amide bonds. The first-order chi connectivity index (χ1) is 34.2. The normalized spacial score (nSPS) is 16.4.